The first-order chi connectivity index (χ1) is 11.0. The van der Waals surface area contributed by atoms with Gasteiger partial charge in [0.15, 0.2) is 5.58 Å². The molecule has 6 heteroatoms. The highest BCUT2D eigenvalue weighted by molar-refractivity contribution is 5.77. The lowest BCUT2D eigenvalue weighted by Gasteiger charge is -2.48. The zero-order valence-electron chi connectivity index (χ0n) is 13.7. The highest BCUT2D eigenvalue weighted by atomic mass is 19.1. The predicted molar refractivity (Wildman–Crippen MR) is 85.9 cm³/mol. The Morgan fingerprint density at radius 2 is 2.26 bits per heavy atom. The molecule has 3 rings (SSSR count). The van der Waals surface area contributed by atoms with Crippen LogP contribution in [0.5, 0.6) is 0 Å². The fraction of sp³-hybridized carbons (Fsp3) is 0.588. The van der Waals surface area contributed by atoms with Crippen molar-refractivity contribution in [1.29, 1.82) is 0 Å². The van der Waals surface area contributed by atoms with Crippen LogP contribution in [0.25, 0.3) is 11.1 Å². The first kappa shape index (κ1) is 16.2. The number of aromatic nitrogens is 1. The molecule has 1 aromatic heterocycles. The molecule has 1 saturated carbocycles. The standard InChI is InChI=1S/C17H23FN2O3/c1-10-5-4-6-11(9-19-2)17(10,22-3)13-7-12(18)8-14-15(13)23-16(21)20-14/h7-8,10-11,19H,4-6,9H2,1-3H3,(H,20,21). The van der Waals surface area contributed by atoms with Crippen LogP contribution in [0, 0.1) is 17.7 Å². The molecule has 1 aromatic carbocycles. The first-order valence-corrected chi connectivity index (χ1v) is 8.05. The molecule has 1 aliphatic carbocycles. The molecule has 2 N–H and O–H groups in total. The second kappa shape index (κ2) is 6.09. The van der Waals surface area contributed by atoms with Crippen molar-refractivity contribution in [3.05, 3.63) is 34.1 Å². The van der Waals surface area contributed by atoms with Crippen molar-refractivity contribution in [2.24, 2.45) is 11.8 Å². The van der Waals surface area contributed by atoms with E-state index in [0.29, 0.717) is 16.7 Å². The van der Waals surface area contributed by atoms with E-state index in [1.807, 2.05) is 7.05 Å². The van der Waals surface area contributed by atoms with Gasteiger partial charge < -0.3 is 14.5 Å². The molecule has 5 nitrogen and oxygen atoms in total. The minimum atomic E-state index is -0.681. The molecule has 1 fully saturated rings. The van der Waals surface area contributed by atoms with Crippen molar-refractivity contribution in [2.75, 3.05) is 20.7 Å². The summed E-state index contributed by atoms with van der Waals surface area (Å²) in [5.41, 5.74) is 0.719. The molecule has 3 unspecified atom stereocenters. The van der Waals surface area contributed by atoms with Gasteiger partial charge in [-0.25, -0.2) is 9.18 Å². The zero-order chi connectivity index (χ0) is 16.6. The van der Waals surface area contributed by atoms with Crippen molar-refractivity contribution in [3.63, 3.8) is 0 Å². The highest BCUT2D eigenvalue weighted by Gasteiger charge is 2.49. The number of halogens is 1. The average molecular weight is 322 g/mol. The van der Waals surface area contributed by atoms with Crippen LogP contribution in [0.2, 0.25) is 0 Å². The van der Waals surface area contributed by atoms with Crippen molar-refractivity contribution in [2.45, 2.75) is 31.8 Å². The summed E-state index contributed by atoms with van der Waals surface area (Å²) in [6.45, 7) is 2.87. The number of nitrogens with one attached hydrogen (secondary N) is 2. The third-order valence-corrected chi connectivity index (χ3v) is 5.22. The smallest absolute Gasteiger partial charge is 0.407 e. The monoisotopic (exact) mass is 322 g/mol. The Hall–Kier alpha value is -1.66. The lowest BCUT2D eigenvalue weighted by Crippen LogP contribution is -2.49. The second-order valence-electron chi connectivity index (χ2n) is 6.43. The Balaban J connectivity index is 2.28. The van der Waals surface area contributed by atoms with E-state index in [1.54, 1.807) is 7.11 Å². The van der Waals surface area contributed by atoms with E-state index < -0.39 is 17.2 Å². The Labute approximate surface area is 134 Å². The summed E-state index contributed by atoms with van der Waals surface area (Å²) in [6.07, 6.45) is 3.07. The van der Waals surface area contributed by atoms with Gasteiger partial charge in [-0.05, 0) is 31.9 Å². The number of oxazole rings is 1. The summed E-state index contributed by atoms with van der Waals surface area (Å²) in [7, 11) is 3.56. The molecule has 0 aliphatic heterocycles. The van der Waals surface area contributed by atoms with Crippen molar-refractivity contribution in [3.8, 4) is 0 Å². The number of fused-ring (bicyclic) bond motifs is 1. The molecule has 0 saturated heterocycles. The third kappa shape index (κ3) is 2.50. The highest BCUT2D eigenvalue weighted by Crippen LogP contribution is 2.49. The maximum absolute atomic E-state index is 14.2. The summed E-state index contributed by atoms with van der Waals surface area (Å²) in [4.78, 5) is 14.2. The molecular formula is C17H23FN2O3. The van der Waals surface area contributed by atoms with Gasteiger partial charge >= 0.3 is 5.76 Å². The Morgan fingerprint density at radius 3 is 2.96 bits per heavy atom. The van der Waals surface area contributed by atoms with Crippen LogP contribution < -0.4 is 11.1 Å². The summed E-state index contributed by atoms with van der Waals surface area (Å²) < 4.78 is 25.5. The van der Waals surface area contributed by atoms with E-state index in [2.05, 4.69) is 17.2 Å². The van der Waals surface area contributed by atoms with Crippen molar-refractivity contribution in [1.82, 2.24) is 10.3 Å². The predicted octanol–water partition coefficient (Wildman–Crippen LogP) is 2.76. The van der Waals surface area contributed by atoms with E-state index in [-0.39, 0.29) is 11.8 Å². The van der Waals surface area contributed by atoms with E-state index >= 15 is 0 Å². The minimum absolute atomic E-state index is 0.173. The fourth-order valence-electron chi connectivity index (χ4n) is 4.28. The van der Waals surface area contributed by atoms with Gasteiger partial charge in [0.2, 0.25) is 0 Å². The number of hydrogen-bond donors (Lipinski definition) is 2. The number of aromatic amines is 1. The van der Waals surface area contributed by atoms with Crippen molar-refractivity contribution >= 4 is 11.1 Å². The third-order valence-electron chi connectivity index (χ3n) is 5.22. The molecular weight excluding hydrogens is 299 g/mol. The molecule has 3 atom stereocenters. The van der Waals surface area contributed by atoms with Gasteiger partial charge in [-0.2, -0.15) is 0 Å². The van der Waals surface area contributed by atoms with Gasteiger partial charge in [0.25, 0.3) is 0 Å². The van der Waals surface area contributed by atoms with Gasteiger partial charge in [0.1, 0.15) is 11.4 Å². The topological polar surface area (TPSA) is 67.3 Å². The largest absolute Gasteiger partial charge is 0.417 e. The Kier molecular flexibility index (Phi) is 4.29. The van der Waals surface area contributed by atoms with Crippen LogP contribution >= 0.6 is 0 Å². The number of hydrogen-bond acceptors (Lipinski definition) is 4. The number of methoxy groups -OCH3 is 1. The molecule has 0 spiro atoms. The number of rotatable bonds is 4. The van der Waals surface area contributed by atoms with E-state index in [1.165, 1.54) is 12.1 Å². The van der Waals surface area contributed by atoms with Gasteiger partial charge in [0, 0.05) is 31.2 Å². The molecule has 23 heavy (non-hydrogen) atoms. The Morgan fingerprint density at radius 1 is 1.48 bits per heavy atom. The SMILES string of the molecule is CNCC1CCCC(C)C1(OC)c1cc(F)cc2[nH]c(=O)oc12. The summed E-state index contributed by atoms with van der Waals surface area (Å²) in [5.74, 6) is -0.620. The first-order valence-electron chi connectivity index (χ1n) is 8.05. The van der Waals surface area contributed by atoms with Gasteiger partial charge in [-0.3, -0.25) is 4.98 Å². The number of H-pyrrole nitrogens is 1. The maximum atomic E-state index is 14.2. The molecule has 1 heterocycles. The molecule has 0 amide bonds. The number of benzene rings is 1. The summed E-state index contributed by atoms with van der Waals surface area (Å²) in [6, 6.07) is 2.74. The normalized spacial score (nSPS) is 28.3. The maximum Gasteiger partial charge on any atom is 0.417 e. The van der Waals surface area contributed by atoms with Crippen LogP contribution in [0.4, 0.5) is 4.39 Å². The van der Waals surface area contributed by atoms with E-state index in [0.717, 1.165) is 25.8 Å². The zero-order valence-corrected chi connectivity index (χ0v) is 13.7. The second-order valence-corrected chi connectivity index (χ2v) is 6.43. The molecule has 0 radical (unpaired) electrons. The minimum Gasteiger partial charge on any atom is -0.407 e. The molecule has 2 aromatic rings. The van der Waals surface area contributed by atoms with E-state index in [9.17, 15) is 9.18 Å². The van der Waals surface area contributed by atoms with Crippen LogP contribution in [-0.4, -0.2) is 25.7 Å². The van der Waals surface area contributed by atoms with Gasteiger partial charge in [0.05, 0.1) is 5.52 Å². The quantitative estimate of drug-likeness (QED) is 0.908. The molecule has 0 bridgehead atoms. The van der Waals surface area contributed by atoms with Crippen LogP contribution in [0.1, 0.15) is 31.7 Å². The number of ether oxygens (including phenoxy) is 1. The van der Waals surface area contributed by atoms with Crippen molar-refractivity contribution < 1.29 is 13.5 Å². The summed E-state index contributed by atoms with van der Waals surface area (Å²) in [5, 5.41) is 3.21. The van der Waals surface area contributed by atoms with Gasteiger partial charge in [-0.15, -0.1) is 0 Å². The lowest BCUT2D eigenvalue weighted by molar-refractivity contribution is -0.124. The molecule has 126 valence electrons. The van der Waals surface area contributed by atoms with Crippen LogP contribution in [0.15, 0.2) is 21.3 Å². The van der Waals surface area contributed by atoms with E-state index in [4.69, 9.17) is 9.15 Å². The summed E-state index contributed by atoms with van der Waals surface area (Å²) >= 11 is 0. The lowest BCUT2D eigenvalue weighted by atomic mass is 9.65. The fourth-order valence-corrected chi connectivity index (χ4v) is 4.28. The Bertz CT molecular complexity index is 752. The van der Waals surface area contributed by atoms with Crippen LogP contribution in [-0.2, 0) is 10.3 Å². The van der Waals surface area contributed by atoms with Crippen LogP contribution in [0.3, 0.4) is 0 Å². The molecule has 1 aliphatic rings. The average Bonchev–Trinajstić information content (AvgIpc) is 2.88. The van der Waals surface area contributed by atoms with Gasteiger partial charge in [-0.1, -0.05) is 13.3 Å².